The van der Waals surface area contributed by atoms with Gasteiger partial charge < -0.3 is 15.2 Å². The maximum Gasteiger partial charge on any atom is 0.342 e. The van der Waals surface area contributed by atoms with Gasteiger partial charge in [-0.2, -0.15) is 0 Å². The van der Waals surface area contributed by atoms with Crippen molar-refractivity contribution in [2.75, 3.05) is 6.61 Å². The molecule has 6 nitrogen and oxygen atoms in total. The van der Waals surface area contributed by atoms with Crippen LogP contribution in [0.5, 0.6) is 5.75 Å². The van der Waals surface area contributed by atoms with E-state index in [1.165, 1.54) is 25.1 Å². The molecule has 136 valence electrons. The van der Waals surface area contributed by atoms with E-state index in [2.05, 4.69) is 5.32 Å². The molecule has 2 aromatic carbocycles. The zero-order valence-electron chi connectivity index (χ0n) is 14.1. The molecule has 0 bridgehead atoms. The van der Waals surface area contributed by atoms with Crippen molar-refractivity contribution in [1.82, 2.24) is 5.32 Å². The lowest BCUT2D eigenvalue weighted by molar-refractivity contribution is -0.128. The van der Waals surface area contributed by atoms with Gasteiger partial charge in [-0.25, -0.2) is 4.79 Å². The number of phenols is 1. The van der Waals surface area contributed by atoms with Gasteiger partial charge in [-0.1, -0.05) is 41.9 Å². The van der Waals surface area contributed by atoms with E-state index in [1.54, 1.807) is 0 Å². The van der Waals surface area contributed by atoms with Crippen LogP contribution < -0.4 is 5.32 Å². The number of Topliss-reactive ketones (excluding diaryl/α,β-unsaturated/α-hetero) is 1. The molecular weight excluding hydrogens is 358 g/mol. The van der Waals surface area contributed by atoms with E-state index in [0.29, 0.717) is 6.42 Å². The molecule has 0 saturated carbocycles. The number of benzene rings is 2. The minimum absolute atomic E-state index is 0.141. The number of aromatic hydroxyl groups is 1. The van der Waals surface area contributed by atoms with Crippen LogP contribution in [0.25, 0.3) is 0 Å². The molecule has 2 N–H and O–H groups in total. The first kappa shape index (κ1) is 19.5. The number of rotatable bonds is 7. The number of esters is 1. The van der Waals surface area contributed by atoms with Crippen molar-refractivity contribution < 1.29 is 24.2 Å². The van der Waals surface area contributed by atoms with Crippen molar-refractivity contribution >= 4 is 29.3 Å². The molecule has 0 fully saturated rings. The molecule has 0 saturated heterocycles. The lowest BCUT2D eigenvalue weighted by Crippen LogP contribution is -2.43. The Morgan fingerprint density at radius 3 is 2.50 bits per heavy atom. The molecule has 0 heterocycles. The fraction of sp³-hybridized carbons (Fsp3) is 0.211. The Bertz CT molecular complexity index is 807. The highest BCUT2D eigenvalue weighted by molar-refractivity contribution is 6.31. The number of nitrogens with one attached hydrogen (secondary N) is 1. The summed E-state index contributed by atoms with van der Waals surface area (Å²) in [5.74, 6) is -2.01. The van der Waals surface area contributed by atoms with Crippen LogP contribution >= 0.6 is 11.6 Å². The van der Waals surface area contributed by atoms with Crippen molar-refractivity contribution in [3.8, 4) is 5.75 Å². The maximum atomic E-state index is 12.0. The summed E-state index contributed by atoms with van der Waals surface area (Å²) in [6.45, 7) is 0.799. The summed E-state index contributed by atoms with van der Waals surface area (Å²) >= 11 is 5.77. The predicted octanol–water partition coefficient (Wildman–Crippen LogP) is 2.52. The van der Waals surface area contributed by atoms with Crippen LogP contribution in [-0.4, -0.2) is 35.4 Å². The van der Waals surface area contributed by atoms with Crippen LogP contribution in [0.1, 0.15) is 22.8 Å². The van der Waals surface area contributed by atoms with Gasteiger partial charge in [0.05, 0.1) is 6.04 Å². The number of ketones is 1. The van der Waals surface area contributed by atoms with E-state index in [1.807, 2.05) is 30.3 Å². The van der Waals surface area contributed by atoms with Gasteiger partial charge in [0.15, 0.2) is 12.4 Å². The number of halogens is 1. The quantitative estimate of drug-likeness (QED) is 0.725. The second-order valence-corrected chi connectivity index (χ2v) is 6.09. The molecule has 0 spiro atoms. The number of amides is 1. The molecule has 2 rings (SSSR count). The summed E-state index contributed by atoms with van der Waals surface area (Å²) in [5, 5.41) is 12.4. The lowest BCUT2D eigenvalue weighted by atomic mass is 10.0. The summed E-state index contributed by atoms with van der Waals surface area (Å²) in [6, 6.07) is 12.4. The second kappa shape index (κ2) is 9.01. The molecule has 1 amide bonds. The van der Waals surface area contributed by atoms with Gasteiger partial charge in [-0.3, -0.25) is 9.59 Å². The number of hydrogen-bond acceptors (Lipinski definition) is 5. The predicted molar refractivity (Wildman–Crippen MR) is 96.2 cm³/mol. The van der Waals surface area contributed by atoms with Crippen LogP contribution in [0.15, 0.2) is 48.5 Å². The first-order chi connectivity index (χ1) is 12.4. The van der Waals surface area contributed by atoms with E-state index in [9.17, 15) is 19.5 Å². The van der Waals surface area contributed by atoms with Crippen molar-refractivity contribution in [3.63, 3.8) is 0 Å². The topological polar surface area (TPSA) is 92.7 Å². The third-order valence-corrected chi connectivity index (χ3v) is 3.86. The Balaban J connectivity index is 1.92. The van der Waals surface area contributed by atoms with Crippen molar-refractivity contribution in [1.29, 1.82) is 0 Å². The molecule has 26 heavy (non-hydrogen) atoms. The first-order valence-corrected chi connectivity index (χ1v) is 8.24. The average Bonchev–Trinajstić information content (AvgIpc) is 2.62. The van der Waals surface area contributed by atoms with Gasteiger partial charge in [0.1, 0.15) is 11.3 Å². The van der Waals surface area contributed by atoms with Crippen LogP contribution in [0.4, 0.5) is 0 Å². The summed E-state index contributed by atoms with van der Waals surface area (Å²) in [7, 11) is 0. The molecule has 7 heteroatoms. The van der Waals surface area contributed by atoms with Gasteiger partial charge in [0.25, 0.3) is 5.91 Å². The maximum absolute atomic E-state index is 12.0. The highest BCUT2D eigenvalue weighted by Gasteiger charge is 2.20. The van der Waals surface area contributed by atoms with E-state index in [4.69, 9.17) is 16.3 Å². The van der Waals surface area contributed by atoms with Crippen molar-refractivity contribution in [2.45, 2.75) is 19.4 Å². The molecule has 0 aliphatic rings. The van der Waals surface area contributed by atoms with Crippen LogP contribution in [0, 0.1) is 0 Å². The zero-order valence-corrected chi connectivity index (χ0v) is 14.8. The van der Waals surface area contributed by atoms with Gasteiger partial charge in [-0.15, -0.1) is 0 Å². The molecule has 0 aliphatic heterocycles. The number of carbonyl (C=O) groups is 3. The van der Waals surface area contributed by atoms with E-state index in [-0.39, 0.29) is 22.1 Å². The van der Waals surface area contributed by atoms with Crippen LogP contribution in [-0.2, 0) is 20.7 Å². The third-order valence-electron chi connectivity index (χ3n) is 3.62. The normalized spacial score (nSPS) is 11.5. The van der Waals surface area contributed by atoms with Gasteiger partial charge in [-0.05, 0) is 37.1 Å². The van der Waals surface area contributed by atoms with Gasteiger partial charge in [0, 0.05) is 5.02 Å². The van der Waals surface area contributed by atoms with E-state index < -0.39 is 24.5 Å². The van der Waals surface area contributed by atoms with E-state index >= 15 is 0 Å². The Hall–Kier alpha value is -2.86. The summed E-state index contributed by atoms with van der Waals surface area (Å²) in [5.41, 5.74) is 0.756. The zero-order chi connectivity index (χ0) is 19.1. The first-order valence-electron chi connectivity index (χ1n) is 7.86. The minimum Gasteiger partial charge on any atom is -0.507 e. The highest BCUT2D eigenvalue weighted by atomic mass is 35.5. The molecule has 1 atom stereocenters. The molecule has 0 aliphatic carbocycles. The van der Waals surface area contributed by atoms with Crippen LogP contribution in [0.2, 0.25) is 5.02 Å². The van der Waals surface area contributed by atoms with Gasteiger partial charge in [0.2, 0.25) is 0 Å². The number of phenolic OH excluding ortho intramolecular Hbond substituents is 1. The number of carbonyl (C=O) groups excluding carboxylic acids is 3. The molecule has 0 radical (unpaired) electrons. The van der Waals surface area contributed by atoms with E-state index in [0.717, 1.165) is 5.56 Å². The number of hydrogen-bond donors (Lipinski definition) is 2. The fourth-order valence-electron chi connectivity index (χ4n) is 2.26. The Morgan fingerprint density at radius 2 is 1.85 bits per heavy atom. The lowest BCUT2D eigenvalue weighted by Gasteiger charge is -2.16. The van der Waals surface area contributed by atoms with Crippen molar-refractivity contribution in [3.05, 3.63) is 64.7 Å². The third kappa shape index (κ3) is 5.60. The summed E-state index contributed by atoms with van der Waals surface area (Å²) in [4.78, 5) is 35.7. The van der Waals surface area contributed by atoms with Crippen molar-refractivity contribution in [2.24, 2.45) is 0 Å². The molecule has 2 aromatic rings. The monoisotopic (exact) mass is 375 g/mol. The summed E-state index contributed by atoms with van der Waals surface area (Å²) < 4.78 is 4.88. The Morgan fingerprint density at radius 1 is 1.15 bits per heavy atom. The minimum atomic E-state index is -0.886. The molecule has 0 unspecified atom stereocenters. The molecular formula is C19H18ClNO5. The standard InChI is InChI=1S/C19H18ClNO5/c1-12(22)16(9-13-5-3-2-4-6-13)21-18(24)11-26-19(25)15-10-14(20)7-8-17(15)23/h2-8,10,16,23H,9,11H2,1H3,(H,21,24)/t16-/m1/s1. The fourth-order valence-corrected chi connectivity index (χ4v) is 2.43. The Labute approximate surface area is 155 Å². The van der Waals surface area contributed by atoms with Crippen LogP contribution in [0.3, 0.4) is 0 Å². The smallest absolute Gasteiger partial charge is 0.342 e. The summed E-state index contributed by atoms with van der Waals surface area (Å²) in [6.07, 6.45) is 0.338. The average molecular weight is 376 g/mol. The Kier molecular flexibility index (Phi) is 6.74. The SMILES string of the molecule is CC(=O)[C@@H](Cc1ccccc1)NC(=O)COC(=O)c1cc(Cl)ccc1O. The highest BCUT2D eigenvalue weighted by Crippen LogP contribution is 2.22. The molecule has 0 aromatic heterocycles. The number of ether oxygens (including phenoxy) is 1. The van der Waals surface area contributed by atoms with Gasteiger partial charge >= 0.3 is 5.97 Å². The second-order valence-electron chi connectivity index (χ2n) is 5.66. The largest absolute Gasteiger partial charge is 0.507 e.